The average molecular weight is 271 g/mol. The third-order valence-corrected chi connectivity index (χ3v) is 0. The van der Waals surface area contributed by atoms with E-state index in [1.165, 1.54) is 0 Å². The maximum absolute atomic E-state index is 4.25. The van der Waals surface area contributed by atoms with E-state index < -0.39 is 0 Å². The average Bonchev–Trinajstić information content (AvgIpc) is 1.00. The van der Waals surface area contributed by atoms with Gasteiger partial charge in [-0.05, 0) is 0 Å². The van der Waals surface area contributed by atoms with Crippen LogP contribution in [0.4, 0.5) is 0 Å². The first kappa shape index (κ1) is 28.9. The minimum absolute atomic E-state index is 0. The van der Waals surface area contributed by atoms with Gasteiger partial charge in [0.2, 0.25) is 0 Å². The van der Waals surface area contributed by atoms with Gasteiger partial charge in [0.25, 0.3) is 0 Å². The van der Waals surface area contributed by atoms with E-state index >= 15 is 0 Å². The van der Waals surface area contributed by atoms with E-state index in [0.29, 0.717) is 0 Å². The van der Waals surface area contributed by atoms with Crippen LogP contribution in [0.2, 0.25) is 0 Å². The van der Waals surface area contributed by atoms with Gasteiger partial charge in [0.05, 0.1) is 0 Å². The molecule has 5 heavy (non-hydrogen) atoms. The van der Waals surface area contributed by atoms with E-state index in [0.717, 1.165) is 0 Å². The van der Waals surface area contributed by atoms with Crippen LogP contribution in [0.25, 0.3) is 0 Å². The molecule has 0 aromatic carbocycles. The molecule has 0 aromatic rings. The molecule has 0 heterocycles. The molecule has 0 rings (SSSR count). The predicted octanol–water partition coefficient (Wildman–Crippen LogP) is -5.39. The summed E-state index contributed by atoms with van der Waals surface area (Å²) in [5, 5.41) is 0. The van der Waals surface area contributed by atoms with Crippen LogP contribution in [0.1, 0.15) is 0 Å². The van der Waals surface area contributed by atoms with Gasteiger partial charge >= 0.3 is 46.9 Å². The third kappa shape index (κ3) is 25.4. The molecule has 0 amide bonds. The van der Waals surface area contributed by atoms with E-state index in [-0.39, 0.29) is 71.7 Å². The quantitative estimate of drug-likeness (QED) is 0.386. The van der Waals surface area contributed by atoms with Crippen molar-refractivity contribution in [2.75, 3.05) is 0 Å². The molecule has 3 heteroatoms. The zero-order chi connectivity index (χ0) is 2.00. The number of rotatable bonds is 0. The van der Waals surface area contributed by atoms with Crippen LogP contribution in [0.15, 0.2) is 6.58 Å². The first-order valence-electron chi connectivity index (χ1n) is 0.408. The van der Waals surface area contributed by atoms with Crippen molar-refractivity contribution in [2.45, 2.75) is 0 Å². The molecule has 0 aliphatic rings. The molecule has 0 nitrogen and oxygen atoms in total. The predicted molar refractivity (Wildman–Crippen MR) is 9.93 cm³/mol. The van der Waals surface area contributed by atoms with E-state index in [2.05, 4.69) is 13.2 Å². The van der Waals surface area contributed by atoms with E-state index in [4.69, 9.17) is 0 Å². The Balaban J connectivity index is -0.00000000167. The van der Waals surface area contributed by atoms with Crippen LogP contribution in [0, 0.1) is 53.5 Å². The number of halogens is 2. The molecule has 39 valence electrons. The minimum Gasteiger partial charge on any atom is -1.00 e. The number of hydrogen-bond donors (Lipinski definition) is 0. The summed E-state index contributed by atoms with van der Waals surface area (Å²) in [7, 11) is 0. The van der Waals surface area contributed by atoms with Gasteiger partial charge in [-0.3, -0.25) is 6.58 Å². The Morgan fingerprint density at radius 3 is 1.00 bits per heavy atom. The zero-order valence-electron chi connectivity index (χ0n) is 2.31. The Hall–Kier alpha value is 1.84. The molecule has 0 spiro atoms. The van der Waals surface area contributed by atoms with Crippen molar-refractivity contribution in [2.24, 2.45) is 0 Å². The summed E-state index contributed by atoms with van der Waals surface area (Å²) in [4.78, 5) is 0. The maximum atomic E-state index is 4.25. The molecular formula is C2H3Cl2Yb. The molecule has 0 unspecified atom stereocenters. The van der Waals surface area contributed by atoms with Gasteiger partial charge in [0, 0.05) is 0 Å². The van der Waals surface area contributed by atoms with E-state index in [1.54, 1.807) is 0 Å². The smallest absolute Gasteiger partial charge is 1.00 e. The Kier molecular flexibility index (Phi) is 234. The van der Waals surface area contributed by atoms with Crippen molar-refractivity contribution in [1.29, 1.82) is 0 Å². The topological polar surface area (TPSA) is 0 Å². The van der Waals surface area contributed by atoms with Gasteiger partial charge in [-0.2, -0.15) is 0 Å². The van der Waals surface area contributed by atoms with Gasteiger partial charge in [-0.1, -0.05) is 0 Å². The fourth-order valence-corrected chi connectivity index (χ4v) is 0. The van der Waals surface area contributed by atoms with Gasteiger partial charge in [0.1, 0.15) is 0 Å². The van der Waals surface area contributed by atoms with Crippen molar-refractivity contribution in [3.05, 3.63) is 13.2 Å². The first-order valence-corrected chi connectivity index (χ1v) is 0.408. The summed E-state index contributed by atoms with van der Waals surface area (Å²) < 4.78 is 0. The van der Waals surface area contributed by atoms with Crippen molar-refractivity contribution in [3.63, 3.8) is 0 Å². The normalized spacial score (nSPS) is 0.800. The van der Waals surface area contributed by atoms with Crippen molar-refractivity contribution >= 4 is 0 Å². The van der Waals surface area contributed by atoms with Crippen LogP contribution in [0.3, 0.4) is 0 Å². The second kappa shape index (κ2) is 40.4. The molecule has 0 aliphatic carbocycles. The van der Waals surface area contributed by atoms with E-state index in [1.807, 2.05) is 0 Å². The number of hydrogen-bond acceptors (Lipinski definition) is 0. The van der Waals surface area contributed by atoms with Crippen molar-refractivity contribution in [3.8, 4) is 0 Å². The van der Waals surface area contributed by atoms with Gasteiger partial charge < -0.3 is 31.4 Å². The van der Waals surface area contributed by atoms with Crippen LogP contribution in [0.5, 0.6) is 0 Å². The summed E-state index contributed by atoms with van der Waals surface area (Å²) >= 11 is 0. The molecule has 0 saturated heterocycles. The third-order valence-electron chi connectivity index (χ3n) is 0. The standard InChI is InChI=1S/C2H3.2ClH.Yb/c1-2;;;/h1H,2H2;2*1H;/q-1;;;+3/p-2. The molecule has 0 aliphatic heterocycles. The monoisotopic (exact) mass is 271 g/mol. The molecule has 0 saturated carbocycles. The second-order valence-corrected chi connectivity index (χ2v) is 0. The van der Waals surface area contributed by atoms with E-state index in [9.17, 15) is 0 Å². The van der Waals surface area contributed by atoms with Crippen molar-refractivity contribution in [1.82, 2.24) is 0 Å². The Morgan fingerprint density at radius 2 is 1.00 bits per heavy atom. The maximum Gasteiger partial charge on any atom is 3.00 e. The van der Waals surface area contributed by atoms with Gasteiger partial charge in [0.15, 0.2) is 0 Å². The SMILES string of the molecule is [CH-]=C.[Cl-].[Cl-].[Yb+3]. The molecule has 0 N–H and O–H groups in total. The summed E-state index contributed by atoms with van der Waals surface area (Å²) in [6.45, 7) is 7.00. The summed E-state index contributed by atoms with van der Waals surface area (Å²) in [5.74, 6) is 0. The molecular weight excluding hydrogens is 268 g/mol. The van der Waals surface area contributed by atoms with Crippen LogP contribution in [-0.4, -0.2) is 0 Å². The molecule has 0 aromatic heterocycles. The Morgan fingerprint density at radius 1 is 1.00 bits per heavy atom. The van der Waals surface area contributed by atoms with Crippen LogP contribution in [-0.2, 0) is 0 Å². The van der Waals surface area contributed by atoms with Crippen LogP contribution >= 0.6 is 0 Å². The first-order chi connectivity index (χ1) is 1.00. The largest absolute Gasteiger partial charge is 3.00 e. The molecule has 0 bridgehead atoms. The minimum atomic E-state index is 0. The summed E-state index contributed by atoms with van der Waals surface area (Å²) in [5.41, 5.74) is 0. The fourth-order valence-electron chi connectivity index (χ4n) is 0. The molecule has 0 atom stereocenters. The second-order valence-electron chi connectivity index (χ2n) is 0. The van der Waals surface area contributed by atoms with Crippen LogP contribution < -0.4 is 24.8 Å². The molecule has 1 radical (unpaired) electrons. The fraction of sp³-hybridized carbons (Fsp3) is 0. The summed E-state index contributed by atoms with van der Waals surface area (Å²) in [6.07, 6.45) is 0. The van der Waals surface area contributed by atoms with Crippen molar-refractivity contribution < 1.29 is 71.7 Å². The van der Waals surface area contributed by atoms with Gasteiger partial charge in [-0.25, -0.2) is 0 Å². The van der Waals surface area contributed by atoms with Gasteiger partial charge in [-0.15, -0.1) is 0 Å². The Labute approximate surface area is 83.5 Å². The zero-order valence-corrected chi connectivity index (χ0v) is 5.53. The summed E-state index contributed by atoms with van der Waals surface area (Å²) in [6, 6.07) is 0. The Bertz CT molecular complexity index is 7.61. The molecule has 0 fully saturated rings.